The van der Waals surface area contributed by atoms with Crippen LogP contribution in [0.25, 0.3) is 23.8 Å². The summed E-state index contributed by atoms with van der Waals surface area (Å²) in [7, 11) is 0. The highest BCUT2D eigenvalue weighted by Gasteiger charge is 2.04. The third-order valence-corrected chi connectivity index (χ3v) is 2.21. The average molecular weight is 184 g/mol. The highest BCUT2D eigenvalue weighted by molar-refractivity contribution is 5.61. The summed E-state index contributed by atoms with van der Waals surface area (Å²) in [6.45, 7) is 7.51. The van der Waals surface area contributed by atoms with E-state index < -0.39 is 0 Å². The molecule has 0 bridgehead atoms. The third-order valence-electron chi connectivity index (χ3n) is 2.21. The zero-order valence-electron chi connectivity index (χ0n) is 7.93. The first-order chi connectivity index (χ1) is 6.86. The van der Waals surface area contributed by atoms with Gasteiger partial charge in [-0.05, 0) is 24.3 Å². The minimum Gasteiger partial charge on any atom is -0.323 e. The summed E-state index contributed by atoms with van der Waals surface area (Å²) in [5.74, 6) is 0. The molecule has 0 atom stereocenters. The summed E-state index contributed by atoms with van der Waals surface area (Å²) in [4.78, 5) is 0. The second-order valence-corrected chi connectivity index (χ2v) is 2.97. The monoisotopic (exact) mass is 184 g/mol. The van der Waals surface area contributed by atoms with Crippen molar-refractivity contribution in [1.82, 2.24) is 9.13 Å². The molecule has 2 heterocycles. The quantitative estimate of drug-likeness (QED) is 0.693. The molecule has 0 amide bonds. The maximum atomic E-state index is 3.76. The van der Waals surface area contributed by atoms with Crippen LogP contribution >= 0.6 is 0 Å². The minimum absolute atomic E-state index is 1.12. The van der Waals surface area contributed by atoms with Gasteiger partial charge in [-0.2, -0.15) is 0 Å². The smallest absolute Gasteiger partial charge is 0.0691 e. The fraction of sp³-hybridized carbons (Fsp3) is 0. The maximum Gasteiger partial charge on any atom is 0.0691 e. The molecule has 0 fully saturated rings. The van der Waals surface area contributed by atoms with E-state index in [0.717, 1.165) is 11.4 Å². The highest BCUT2D eigenvalue weighted by Crippen LogP contribution is 2.21. The van der Waals surface area contributed by atoms with Gasteiger partial charge in [0.25, 0.3) is 0 Å². The molecule has 2 aromatic rings. The fourth-order valence-corrected chi connectivity index (χ4v) is 1.54. The van der Waals surface area contributed by atoms with Crippen molar-refractivity contribution in [2.75, 3.05) is 0 Å². The van der Waals surface area contributed by atoms with E-state index in [9.17, 15) is 0 Å². The summed E-state index contributed by atoms with van der Waals surface area (Å²) in [5, 5.41) is 0. The zero-order chi connectivity index (χ0) is 9.97. The molecule has 0 saturated heterocycles. The molecule has 0 aliphatic carbocycles. The van der Waals surface area contributed by atoms with E-state index in [0.29, 0.717) is 0 Å². The van der Waals surface area contributed by atoms with Crippen LogP contribution in [0.2, 0.25) is 0 Å². The van der Waals surface area contributed by atoms with Gasteiger partial charge < -0.3 is 9.13 Å². The van der Waals surface area contributed by atoms with Crippen LogP contribution < -0.4 is 0 Å². The SMILES string of the molecule is C=Cn1cccc1-c1cccn1C=C. The van der Waals surface area contributed by atoms with E-state index in [2.05, 4.69) is 25.3 Å². The van der Waals surface area contributed by atoms with Crippen molar-refractivity contribution >= 4 is 12.4 Å². The molecule has 70 valence electrons. The molecule has 0 spiro atoms. The van der Waals surface area contributed by atoms with Crippen molar-refractivity contribution < 1.29 is 0 Å². The van der Waals surface area contributed by atoms with Crippen LogP contribution in [0.4, 0.5) is 0 Å². The topological polar surface area (TPSA) is 9.86 Å². The largest absolute Gasteiger partial charge is 0.323 e. The lowest BCUT2D eigenvalue weighted by molar-refractivity contribution is 1.11. The van der Waals surface area contributed by atoms with Crippen LogP contribution in [0.1, 0.15) is 0 Å². The van der Waals surface area contributed by atoms with Crippen LogP contribution in [0.15, 0.2) is 49.8 Å². The molecular weight excluding hydrogens is 172 g/mol. The van der Waals surface area contributed by atoms with Crippen LogP contribution in [0.3, 0.4) is 0 Å². The second kappa shape index (κ2) is 3.42. The predicted octanol–water partition coefficient (Wildman–Crippen LogP) is 3.16. The molecule has 0 aliphatic rings. The standard InChI is InChI=1S/C12H12N2/c1-3-13-9-5-7-11(13)12-8-6-10-14(12)4-2/h3-10H,1-2H2. The first kappa shape index (κ1) is 8.63. The molecular formula is C12H12N2. The summed E-state index contributed by atoms with van der Waals surface area (Å²) in [5.41, 5.74) is 2.23. The normalized spacial score (nSPS) is 10.0. The average Bonchev–Trinajstić information content (AvgIpc) is 2.85. The van der Waals surface area contributed by atoms with Gasteiger partial charge in [-0.25, -0.2) is 0 Å². The highest BCUT2D eigenvalue weighted by atomic mass is 15.0. The molecule has 14 heavy (non-hydrogen) atoms. The molecule has 0 radical (unpaired) electrons. The van der Waals surface area contributed by atoms with Crippen molar-refractivity contribution in [3.05, 3.63) is 49.8 Å². The summed E-state index contributed by atoms with van der Waals surface area (Å²) >= 11 is 0. The van der Waals surface area contributed by atoms with Gasteiger partial charge in [0.05, 0.1) is 11.4 Å². The van der Waals surface area contributed by atoms with Gasteiger partial charge >= 0.3 is 0 Å². The van der Waals surface area contributed by atoms with Crippen molar-refractivity contribution in [2.45, 2.75) is 0 Å². The van der Waals surface area contributed by atoms with E-state index in [4.69, 9.17) is 0 Å². The van der Waals surface area contributed by atoms with Gasteiger partial charge in [-0.1, -0.05) is 13.2 Å². The van der Waals surface area contributed by atoms with Crippen molar-refractivity contribution in [1.29, 1.82) is 0 Å². The molecule has 2 aromatic heterocycles. The first-order valence-corrected chi connectivity index (χ1v) is 4.46. The Balaban J connectivity index is 2.59. The Hall–Kier alpha value is -1.96. The number of rotatable bonds is 3. The molecule has 0 saturated carbocycles. The Bertz CT molecular complexity index is 416. The van der Waals surface area contributed by atoms with Crippen LogP contribution in [-0.4, -0.2) is 9.13 Å². The first-order valence-electron chi connectivity index (χ1n) is 4.46. The third kappa shape index (κ3) is 1.21. The molecule has 0 aromatic carbocycles. The maximum absolute atomic E-state index is 3.76. The van der Waals surface area contributed by atoms with Gasteiger partial charge in [-0.3, -0.25) is 0 Å². The molecule has 2 heteroatoms. The molecule has 0 aliphatic heterocycles. The van der Waals surface area contributed by atoms with Crippen LogP contribution in [0, 0.1) is 0 Å². The zero-order valence-corrected chi connectivity index (χ0v) is 7.93. The number of hydrogen-bond donors (Lipinski definition) is 0. The predicted molar refractivity (Wildman–Crippen MR) is 60.6 cm³/mol. The lowest BCUT2D eigenvalue weighted by atomic mass is 10.3. The van der Waals surface area contributed by atoms with Crippen LogP contribution in [0.5, 0.6) is 0 Å². The van der Waals surface area contributed by atoms with Gasteiger partial charge in [0.2, 0.25) is 0 Å². The molecule has 0 N–H and O–H groups in total. The number of aromatic nitrogens is 2. The Morgan fingerprint density at radius 3 is 1.64 bits per heavy atom. The molecule has 0 unspecified atom stereocenters. The van der Waals surface area contributed by atoms with E-state index in [-0.39, 0.29) is 0 Å². The summed E-state index contributed by atoms with van der Waals surface area (Å²) in [6, 6.07) is 8.10. The Labute approximate surface area is 83.4 Å². The number of hydrogen-bond acceptors (Lipinski definition) is 0. The van der Waals surface area contributed by atoms with E-state index in [1.807, 2.05) is 33.7 Å². The van der Waals surface area contributed by atoms with Crippen molar-refractivity contribution in [2.24, 2.45) is 0 Å². The van der Waals surface area contributed by atoms with Gasteiger partial charge in [0, 0.05) is 24.8 Å². The molecule has 2 nitrogen and oxygen atoms in total. The van der Waals surface area contributed by atoms with Crippen molar-refractivity contribution in [3.8, 4) is 11.4 Å². The molecule has 2 rings (SSSR count). The Morgan fingerprint density at radius 1 is 0.857 bits per heavy atom. The second-order valence-electron chi connectivity index (χ2n) is 2.97. The lowest BCUT2D eigenvalue weighted by Crippen LogP contribution is -1.92. The van der Waals surface area contributed by atoms with Gasteiger partial charge in [-0.15, -0.1) is 0 Å². The van der Waals surface area contributed by atoms with E-state index >= 15 is 0 Å². The van der Waals surface area contributed by atoms with Gasteiger partial charge in [0.1, 0.15) is 0 Å². The van der Waals surface area contributed by atoms with Gasteiger partial charge in [0.15, 0.2) is 0 Å². The van der Waals surface area contributed by atoms with Crippen molar-refractivity contribution in [3.63, 3.8) is 0 Å². The van der Waals surface area contributed by atoms with E-state index in [1.165, 1.54) is 0 Å². The Kier molecular flexibility index (Phi) is 2.11. The summed E-state index contributed by atoms with van der Waals surface area (Å²) < 4.78 is 3.96. The van der Waals surface area contributed by atoms with Crippen LogP contribution in [-0.2, 0) is 0 Å². The lowest BCUT2D eigenvalue weighted by Gasteiger charge is -2.05. The number of nitrogens with zero attached hydrogens (tertiary/aromatic N) is 2. The Morgan fingerprint density at radius 2 is 1.29 bits per heavy atom. The minimum atomic E-state index is 1.12. The van der Waals surface area contributed by atoms with E-state index in [1.54, 1.807) is 12.4 Å². The fourth-order valence-electron chi connectivity index (χ4n) is 1.54. The summed E-state index contributed by atoms with van der Waals surface area (Å²) in [6.07, 6.45) is 7.52.